The van der Waals surface area contributed by atoms with Gasteiger partial charge in [0.15, 0.2) is 0 Å². The van der Waals surface area contributed by atoms with Gasteiger partial charge in [-0.15, -0.1) is 0 Å². The fourth-order valence-electron chi connectivity index (χ4n) is 2.95. The number of fused-ring (bicyclic) bond motifs is 1. The van der Waals surface area contributed by atoms with E-state index in [0.29, 0.717) is 0 Å². The van der Waals surface area contributed by atoms with Crippen LogP contribution in [0.2, 0.25) is 0 Å². The van der Waals surface area contributed by atoms with E-state index >= 15 is 0 Å². The molecule has 0 aromatic rings. The molecular formula is C10HF17O. The summed E-state index contributed by atoms with van der Waals surface area (Å²) in [5.74, 6) is -65.6. The topological polar surface area (TPSA) is 20.2 Å². The zero-order chi connectivity index (χ0) is 23.0. The van der Waals surface area contributed by atoms with Crippen molar-refractivity contribution in [3.63, 3.8) is 0 Å². The highest BCUT2D eigenvalue weighted by molar-refractivity contribution is 5.42. The maximum absolute atomic E-state index is 14.3. The smallest absolute Gasteiger partial charge is 0.354 e. The number of hydrogen-bond acceptors (Lipinski definition) is 1. The Morgan fingerprint density at radius 2 is 0.500 bits per heavy atom. The normalized spacial score (nSPS) is 46.5. The van der Waals surface area contributed by atoms with Crippen molar-refractivity contribution < 1.29 is 79.7 Å². The van der Waals surface area contributed by atoms with Crippen LogP contribution >= 0.6 is 0 Å². The molecule has 0 aromatic carbocycles. The molecule has 3 unspecified atom stereocenters. The van der Waals surface area contributed by atoms with Crippen LogP contribution in [-0.2, 0) is 0 Å². The minimum atomic E-state index is -8.52. The maximum Gasteiger partial charge on any atom is 0.382 e. The van der Waals surface area contributed by atoms with Gasteiger partial charge < -0.3 is 5.11 Å². The fourth-order valence-corrected chi connectivity index (χ4v) is 2.95. The van der Waals surface area contributed by atoms with E-state index in [0.717, 1.165) is 0 Å². The molecule has 0 amide bonds. The van der Waals surface area contributed by atoms with E-state index in [1.807, 2.05) is 0 Å². The van der Waals surface area contributed by atoms with Crippen LogP contribution in [0.3, 0.4) is 0 Å². The molecule has 2 fully saturated rings. The molecule has 28 heavy (non-hydrogen) atoms. The van der Waals surface area contributed by atoms with E-state index in [1.54, 1.807) is 0 Å². The van der Waals surface area contributed by atoms with Gasteiger partial charge >= 0.3 is 47.3 Å². The van der Waals surface area contributed by atoms with Crippen molar-refractivity contribution in [2.45, 2.75) is 58.7 Å². The molecule has 1 N–H and O–H groups in total. The van der Waals surface area contributed by atoms with Crippen LogP contribution in [0.5, 0.6) is 0 Å². The highest BCUT2D eigenvalue weighted by Gasteiger charge is 3.14. The minimum Gasteiger partial charge on any atom is -0.354 e. The lowest BCUT2D eigenvalue weighted by molar-refractivity contribution is -0.568. The SMILES string of the molecule is OC1(F)C(F)(F)C(F)(F)C(F)(F)C2(F)C(F)(F)C(F)(F)C(F)(F)C(F)(F)C12F. The van der Waals surface area contributed by atoms with Crippen LogP contribution in [0.25, 0.3) is 0 Å². The van der Waals surface area contributed by atoms with E-state index in [4.69, 9.17) is 5.11 Å². The molecule has 0 heterocycles. The van der Waals surface area contributed by atoms with Crippen LogP contribution < -0.4 is 0 Å². The fraction of sp³-hybridized carbons (Fsp3) is 1.00. The molecule has 2 aliphatic rings. The van der Waals surface area contributed by atoms with Crippen molar-refractivity contribution in [3.8, 4) is 0 Å². The van der Waals surface area contributed by atoms with E-state index in [1.165, 1.54) is 0 Å². The molecule has 0 aliphatic heterocycles. The molecule has 2 rings (SSSR count). The summed E-state index contributed by atoms with van der Waals surface area (Å²) in [6.07, 6.45) is 0. The largest absolute Gasteiger partial charge is 0.382 e. The Morgan fingerprint density at radius 1 is 0.286 bits per heavy atom. The minimum absolute atomic E-state index is 7.98. The predicted octanol–water partition coefficient (Wildman–Crippen LogP) is 4.54. The van der Waals surface area contributed by atoms with Gasteiger partial charge in [0.25, 0.3) is 11.3 Å². The molecule has 2 saturated carbocycles. The van der Waals surface area contributed by atoms with Crippen molar-refractivity contribution in [2.24, 2.45) is 0 Å². The van der Waals surface area contributed by atoms with Crippen LogP contribution in [0, 0.1) is 0 Å². The summed E-state index contributed by atoms with van der Waals surface area (Å²) in [7, 11) is 0. The third kappa shape index (κ3) is 1.46. The second kappa shape index (κ2) is 4.58. The summed E-state index contributed by atoms with van der Waals surface area (Å²) < 4.78 is 229. The van der Waals surface area contributed by atoms with E-state index in [-0.39, 0.29) is 0 Å². The Balaban J connectivity index is 3.23. The van der Waals surface area contributed by atoms with E-state index in [9.17, 15) is 74.6 Å². The van der Waals surface area contributed by atoms with Crippen molar-refractivity contribution in [1.29, 1.82) is 0 Å². The first-order chi connectivity index (χ1) is 11.8. The molecule has 166 valence electrons. The highest BCUT2D eigenvalue weighted by atomic mass is 19.4. The van der Waals surface area contributed by atoms with Crippen molar-refractivity contribution >= 4 is 0 Å². The summed E-state index contributed by atoms with van der Waals surface area (Å²) in [6, 6.07) is 0. The van der Waals surface area contributed by atoms with Gasteiger partial charge in [0.05, 0.1) is 0 Å². The van der Waals surface area contributed by atoms with Gasteiger partial charge in [0.2, 0.25) is 0 Å². The number of aliphatic hydroxyl groups is 1. The number of alkyl halides is 17. The van der Waals surface area contributed by atoms with Gasteiger partial charge in [0.1, 0.15) is 0 Å². The van der Waals surface area contributed by atoms with Crippen LogP contribution in [0.4, 0.5) is 74.6 Å². The average Bonchev–Trinajstić information content (AvgIpc) is 2.49. The number of rotatable bonds is 0. The molecule has 18 heteroatoms. The molecule has 0 aromatic heterocycles. The molecule has 0 spiro atoms. The lowest BCUT2D eigenvalue weighted by Gasteiger charge is -2.63. The predicted molar refractivity (Wildman–Crippen MR) is 48.4 cm³/mol. The molecule has 0 radical (unpaired) electrons. The summed E-state index contributed by atoms with van der Waals surface area (Å²) in [6.45, 7) is 0. The summed E-state index contributed by atoms with van der Waals surface area (Å²) in [4.78, 5) is 0. The third-order valence-corrected chi connectivity index (χ3v) is 4.62. The lowest BCUT2D eigenvalue weighted by atomic mass is 9.54. The van der Waals surface area contributed by atoms with E-state index in [2.05, 4.69) is 0 Å². The Kier molecular flexibility index (Phi) is 3.77. The zero-order valence-corrected chi connectivity index (χ0v) is 11.9. The summed E-state index contributed by atoms with van der Waals surface area (Å²) >= 11 is 0. The van der Waals surface area contributed by atoms with Gasteiger partial charge in [-0.05, 0) is 0 Å². The first kappa shape index (κ1) is 23.1. The molecular weight excluding hydrogens is 459 g/mol. The molecule has 2 aliphatic carbocycles. The van der Waals surface area contributed by atoms with Crippen LogP contribution in [-0.4, -0.2) is 63.8 Å². The quantitative estimate of drug-likeness (QED) is 0.527. The van der Waals surface area contributed by atoms with Crippen molar-refractivity contribution in [2.75, 3.05) is 0 Å². The molecule has 3 atom stereocenters. The third-order valence-electron chi connectivity index (χ3n) is 4.62. The van der Waals surface area contributed by atoms with Crippen LogP contribution in [0.15, 0.2) is 0 Å². The molecule has 1 nitrogen and oxygen atoms in total. The van der Waals surface area contributed by atoms with Gasteiger partial charge in [-0.1, -0.05) is 0 Å². The molecule has 0 saturated heterocycles. The zero-order valence-electron chi connectivity index (χ0n) is 11.9. The van der Waals surface area contributed by atoms with E-state index < -0.39 is 58.7 Å². The van der Waals surface area contributed by atoms with Crippen molar-refractivity contribution in [3.05, 3.63) is 0 Å². The van der Waals surface area contributed by atoms with Gasteiger partial charge in [-0.25, -0.2) is 13.2 Å². The first-order valence-corrected chi connectivity index (χ1v) is 6.19. The maximum atomic E-state index is 14.3. The Labute approximate surface area is 140 Å². The lowest BCUT2D eigenvalue weighted by Crippen LogP contribution is -2.99. The number of hydrogen-bond donors (Lipinski definition) is 1. The standard InChI is InChI=1S/C10HF17O/c11-1-2(12,5(17,18)7(21,22)6(19,20)3(1,13)14)10(27,28)9(25,26)8(23,24)4(1,15)16/h28H. The monoisotopic (exact) mass is 460 g/mol. The summed E-state index contributed by atoms with van der Waals surface area (Å²) in [5, 5.41) is 8.42. The van der Waals surface area contributed by atoms with Crippen molar-refractivity contribution in [1.82, 2.24) is 0 Å². The molecule has 0 bridgehead atoms. The van der Waals surface area contributed by atoms with Gasteiger partial charge in [-0.2, -0.15) is 61.5 Å². The highest BCUT2D eigenvalue weighted by Crippen LogP contribution is 2.80. The van der Waals surface area contributed by atoms with Crippen LogP contribution in [0.1, 0.15) is 0 Å². The Bertz CT molecular complexity index is 593. The van der Waals surface area contributed by atoms with Gasteiger partial charge in [0, 0.05) is 0 Å². The second-order valence-corrected chi connectivity index (χ2v) is 5.96. The first-order valence-electron chi connectivity index (χ1n) is 6.19. The summed E-state index contributed by atoms with van der Waals surface area (Å²) in [5.41, 5.74) is -16.9. The average molecular weight is 460 g/mol. The number of halogens is 17. The second-order valence-electron chi connectivity index (χ2n) is 5.96. The van der Waals surface area contributed by atoms with Gasteiger partial charge in [-0.3, -0.25) is 0 Å². The Hall–Kier alpha value is -1.23. The Morgan fingerprint density at radius 3 is 0.786 bits per heavy atom.